The van der Waals surface area contributed by atoms with E-state index in [9.17, 15) is 9.90 Å². The zero-order chi connectivity index (χ0) is 15.5. The number of hydrogen-bond donors (Lipinski definition) is 1. The Kier molecular flexibility index (Phi) is 5.17. The van der Waals surface area contributed by atoms with Crippen LogP contribution in [-0.2, 0) is 6.42 Å². The second kappa shape index (κ2) is 6.71. The van der Waals surface area contributed by atoms with Gasteiger partial charge in [0, 0.05) is 18.5 Å². The molecule has 2 heterocycles. The molecule has 1 atom stereocenters. The average Bonchev–Trinajstić information content (AvgIpc) is 2.88. The van der Waals surface area contributed by atoms with Crippen molar-refractivity contribution < 1.29 is 9.90 Å². The lowest BCUT2D eigenvalue weighted by molar-refractivity contribution is 0.0287. The van der Waals surface area contributed by atoms with E-state index in [1.54, 1.807) is 0 Å². The van der Waals surface area contributed by atoms with Gasteiger partial charge < -0.3 is 10.0 Å². The Morgan fingerprint density at radius 1 is 1.62 bits per heavy atom. The molecule has 1 unspecified atom stereocenters. The molecule has 0 radical (unpaired) electrons. The zero-order valence-corrected chi connectivity index (χ0v) is 13.7. The summed E-state index contributed by atoms with van der Waals surface area (Å²) in [5.41, 5.74) is 0.674. The first-order valence-electron chi connectivity index (χ1n) is 7.52. The number of likely N-dealkylation sites (tertiary alicyclic amines) is 1. The molecule has 2 rings (SSSR count). The number of piperidine rings is 1. The average molecular weight is 308 g/mol. The molecule has 0 bridgehead atoms. The van der Waals surface area contributed by atoms with E-state index in [4.69, 9.17) is 0 Å². The Morgan fingerprint density at radius 2 is 2.38 bits per heavy atom. The van der Waals surface area contributed by atoms with Gasteiger partial charge >= 0.3 is 0 Å². The maximum Gasteiger partial charge on any atom is 0.265 e. The highest BCUT2D eigenvalue weighted by atomic mass is 32.1. The Labute approximate surface area is 130 Å². The Morgan fingerprint density at radius 3 is 3.00 bits per heavy atom. The van der Waals surface area contributed by atoms with E-state index < -0.39 is 0 Å². The SMILES string of the molecule is C=CCC1(CO)CCCN(C(=O)c2sc(C)nc2CC)C1. The molecule has 0 spiro atoms. The van der Waals surface area contributed by atoms with Gasteiger partial charge in [0.2, 0.25) is 0 Å². The van der Waals surface area contributed by atoms with Crippen molar-refractivity contribution in [2.45, 2.75) is 39.5 Å². The van der Waals surface area contributed by atoms with E-state index in [0.29, 0.717) is 6.54 Å². The standard InChI is InChI=1S/C16H24N2O2S/c1-4-7-16(11-19)8-6-9-18(10-16)15(20)14-13(5-2)17-12(3)21-14/h4,19H,1,5-11H2,2-3H3. The number of aliphatic hydroxyl groups excluding tert-OH is 1. The van der Waals surface area contributed by atoms with Crippen molar-refractivity contribution in [1.29, 1.82) is 0 Å². The number of carbonyl (C=O) groups is 1. The number of allylic oxidation sites excluding steroid dienone is 1. The predicted octanol–water partition coefficient (Wildman–Crippen LogP) is 2.80. The van der Waals surface area contributed by atoms with Crippen molar-refractivity contribution >= 4 is 17.2 Å². The van der Waals surface area contributed by atoms with Crippen LogP contribution in [0.25, 0.3) is 0 Å². The third-order valence-electron chi connectivity index (χ3n) is 4.19. The Balaban J connectivity index is 2.20. The van der Waals surface area contributed by atoms with E-state index in [1.165, 1.54) is 11.3 Å². The number of rotatable bonds is 5. The lowest BCUT2D eigenvalue weighted by Gasteiger charge is -2.41. The Hall–Kier alpha value is -1.20. The number of aliphatic hydroxyl groups is 1. The van der Waals surface area contributed by atoms with Gasteiger partial charge in [0.15, 0.2) is 0 Å². The van der Waals surface area contributed by atoms with Gasteiger partial charge in [0.05, 0.1) is 17.3 Å². The van der Waals surface area contributed by atoms with Gasteiger partial charge in [-0.15, -0.1) is 17.9 Å². The van der Waals surface area contributed by atoms with Crippen molar-refractivity contribution in [3.8, 4) is 0 Å². The molecule has 1 fully saturated rings. The van der Waals surface area contributed by atoms with Crippen LogP contribution >= 0.6 is 11.3 Å². The predicted molar refractivity (Wildman–Crippen MR) is 85.7 cm³/mol. The summed E-state index contributed by atoms with van der Waals surface area (Å²) in [5, 5.41) is 10.7. The fourth-order valence-electron chi connectivity index (χ4n) is 3.07. The van der Waals surface area contributed by atoms with Crippen LogP contribution < -0.4 is 0 Å². The number of thiazole rings is 1. The minimum atomic E-state index is -0.220. The van der Waals surface area contributed by atoms with Crippen LogP contribution in [0.3, 0.4) is 0 Å². The molecule has 0 aliphatic carbocycles. The molecule has 0 saturated carbocycles. The third kappa shape index (κ3) is 3.35. The van der Waals surface area contributed by atoms with Gasteiger partial charge in [0.25, 0.3) is 5.91 Å². The molecule has 1 amide bonds. The van der Waals surface area contributed by atoms with Crippen molar-refractivity contribution in [2.75, 3.05) is 19.7 Å². The number of amides is 1. The van der Waals surface area contributed by atoms with Crippen LogP contribution in [0.15, 0.2) is 12.7 Å². The lowest BCUT2D eigenvalue weighted by Crippen LogP contribution is -2.47. The molecule has 1 aliphatic heterocycles. The van der Waals surface area contributed by atoms with Crippen LogP contribution in [0.1, 0.15) is 46.6 Å². The fraction of sp³-hybridized carbons (Fsp3) is 0.625. The first-order valence-corrected chi connectivity index (χ1v) is 8.34. The Bertz CT molecular complexity index is 526. The normalized spacial score (nSPS) is 22.3. The number of aromatic nitrogens is 1. The van der Waals surface area contributed by atoms with E-state index in [2.05, 4.69) is 11.6 Å². The first kappa shape index (κ1) is 16.2. The van der Waals surface area contributed by atoms with E-state index in [0.717, 1.165) is 47.8 Å². The molecule has 21 heavy (non-hydrogen) atoms. The maximum absolute atomic E-state index is 12.8. The maximum atomic E-state index is 12.8. The molecule has 1 aromatic rings. The van der Waals surface area contributed by atoms with Crippen molar-refractivity contribution in [1.82, 2.24) is 9.88 Å². The molecule has 0 aromatic carbocycles. The molecule has 1 saturated heterocycles. The molecule has 1 aromatic heterocycles. The largest absolute Gasteiger partial charge is 0.396 e. The number of nitrogens with zero attached hydrogens (tertiary/aromatic N) is 2. The number of carbonyl (C=O) groups excluding carboxylic acids is 1. The van der Waals surface area contributed by atoms with Crippen LogP contribution in [0.2, 0.25) is 0 Å². The van der Waals surface area contributed by atoms with E-state index >= 15 is 0 Å². The highest BCUT2D eigenvalue weighted by Crippen LogP contribution is 2.34. The summed E-state index contributed by atoms with van der Waals surface area (Å²) in [6.45, 7) is 9.22. The minimum Gasteiger partial charge on any atom is -0.396 e. The van der Waals surface area contributed by atoms with E-state index in [-0.39, 0.29) is 17.9 Å². The van der Waals surface area contributed by atoms with Crippen molar-refractivity contribution in [3.63, 3.8) is 0 Å². The molecule has 4 nitrogen and oxygen atoms in total. The van der Waals surface area contributed by atoms with Crippen molar-refractivity contribution in [3.05, 3.63) is 28.2 Å². The van der Waals surface area contributed by atoms with Crippen LogP contribution in [-0.4, -0.2) is 40.6 Å². The topological polar surface area (TPSA) is 53.4 Å². The monoisotopic (exact) mass is 308 g/mol. The quantitative estimate of drug-likeness (QED) is 0.851. The second-order valence-electron chi connectivity index (χ2n) is 5.84. The summed E-state index contributed by atoms with van der Waals surface area (Å²) in [5.74, 6) is 0.0686. The van der Waals surface area contributed by atoms with Crippen molar-refractivity contribution in [2.24, 2.45) is 5.41 Å². The van der Waals surface area contributed by atoms with Gasteiger partial charge in [-0.25, -0.2) is 4.98 Å². The lowest BCUT2D eigenvalue weighted by atomic mass is 9.78. The van der Waals surface area contributed by atoms with Crippen LogP contribution in [0.5, 0.6) is 0 Å². The minimum absolute atomic E-state index is 0.0686. The summed E-state index contributed by atoms with van der Waals surface area (Å²) in [6, 6.07) is 0. The number of hydrogen-bond acceptors (Lipinski definition) is 4. The summed E-state index contributed by atoms with van der Waals surface area (Å²) in [7, 11) is 0. The van der Waals surface area contributed by atoms with Gasteiger partial charge in [-0.1, -0.05) is 13.0 Å². The summed E-state index contributed by atoms with van der Waals surface area (Å²) in [4.78, 5) is 19.9. The van der Waals surface area contributed by atoms with E-state index in [1.807, 2.05) is 24.8 Å². The first-order chi connectivity index (χ1) is 10.0. The van der Waals surface area contributed by atoms with Gasteiger partial charge in [-0.05, 0) is 32.6 Å². The third-order valence-corrected chi connectivity index (χ3v) is 5.20. The number of aryl methyl sites for hydroxylation is 2. The molecular weight excluding hydrogens is 284 g/mol. The van der Waals surface area contributed by atoms with Gasteiger partial charge in [0.1, 0.15) is 4.88 Å². The smallest absolute Gasteiger partial charge is 0.265 e. The van der Waals surface area contributed by atoms with Crippen LogP contribution in [0.4, 0.5) is 0 Å². The second-order valence-corrected chi connectivity index (χ2v) is 7.05. The van der Waals surface area contributed by atoms with Gasteiger partial charge in [-0.3, -0.25) is 4.79 Å². The summed E-state index contributed by atoms with van der Waals surface area (Å²) >= 11 is 1.48. The molecule has 1 N–H and O–H groups in total. The fourth-order valence-corrected chi connectivity index (χ4v) is 4.04. The molecule has 116 valence electrons. The van der Waals surface area contributed by atoms with Gasteiger partial charge in [-0.2, -0.15) is 0 Å². The molecule has 5 heteroatoms. The summed E-state index contributed by atoms with van der Waals surface area (Å²) < 4.78 is 0. The zero-order valence-electron chi connectivity index (χ0n) is 12.9. The van der Waals surface area contributed by atoms with Crippen LogP contribution in [0, 0.1) is 12.3 Å². The highest BCUT2D eigenvalue weighted by Gasteiger charge is 2.36. The summed E-state index contributed by atoms with van der Waals surface area (Å²) in [6.07, 6.45) is 5.24. The molecule has 1 aliphatic rings. The highest BCUT2D eigenvalue weighted by molar-refractivity contribution is 7.13. The molecular formula is C16H24N2O2S.